The molecule has 2 rings (SSSR count). The van der Waals surface area contributed by atoms with Crippen molar-refractivity contribution in [1.29, 1.82) is 0 Å². The van der Waals surface area contributed by atoms with Crippen LogP contribution in [0.2, 0.25) is 5.02 Å². The maximum atomic E-state index is 13.0. The average Bonchev–Trinajstić information content (AvgIpc) is 2.34. The number of nitrogen functional groups attached to an aromatic ring is 1. The fourth-order valence-corrected chi connectivity index (χ4v) is 1.43. The molecule has 18 heavy (non-hydrogen) atoms. The Balaban J connectivity index is 2.24. The molecule has 1 amide bonds. The first-order valence-corrected chi connectivity index (χ1v) is 5.28. The molecule has 0 fully saturated rings. The van der Waals surface area contributed by atoms with Crippen LogP contribution < -0.4 is 11.1 Å². The van der Waals surface area contributed by atoms with E-state index in [1.807, 2.05) is 0 Å². The summed E-state index contributed by atoms with van der Waals surface area (Å²) in [5, 5.41) is 2.65. The molecule has 0 aliphatic carbocycles. The smallest absolute Gasteiger partial charge is 0.275 e. The number of hydrogen-bond acceptors (Lipinski definition) is 4. The van der Waals surface area contributed by atoms with Gasteiger partial charge in [-0.05, 0) is 18.2 Å². The van der Waals surface area contributed by atoms with Crippen LogP contribution in [-0.4, -0.2) is 15.9 Å². The second-order valence-electron chi connectivity index (χ2n) is 3.41. The minimum Gasteiger partial charge on any atom is -0.382 e. The zero-order chi connectivity index (χ0) is 13.1. The summed E-state index contributed by atoms with van der Waals surface area (Å²) >= 11 is 5.82. The highest BCUT2D eigenvalue weighted by atomic mass is 35.5. The van der Waals surface area contributed by atoms with Gasteiger partial charge in [0.2, 0.25) is 0 Å². The first-order chi connectivity index (χ1) is 8.56. The van der Waals surface area contributed by atoms with Crippen molar-refractivity contribution in [2.45, 2.75) is 0 Å². The van der Waals surface area contributed by atoms with Gasteiger partial charge in [0.25, 0.3) is 5.91 Å². The van der Waals surface area contributed by atoms with Gasteiger partial charge >= 0.3 is 0 Å². The van der Waals surface area contributed by atoms with Gasteiger partial charge in [-0.3, -0.25) is 9.78 Å². The van der Waals surface area contributed by atoms with Crippen molar-refractivity contribution in [3.05, 3.63) is 47.1 Å². The molecular weight excluding hydrogens is 259 g/mol. The number of aromatic nitrogens is 2. The maximum Gasteiger partial charge on any atom is 0.275 e. The molecule has 0 aliphatic heterocycles. The van der Waals surface area contributed by atoms with Crippen LogP contribution >= 0.6 is 11.6 Å². The minimum atomic E-state index is -0.567. The lowest BCUT2D eigenvalue weighted by atomic mass is 10.3. The fourth-order valence-electron chi connectivity index (χ4n) is 1.27. The standard InChI is InChI=1S/C11H8ClFN4O/c12-7-2-1-6(13)3-8(7)17-11(18)9-4-15-5-10(14)16-9/h1-5H,(H2,14,16)(H,17,18). The zero-order valence-electron chi connectivity index (χ0n) is 9.02. The normalized spacial score (nSPS) is 10.1. The highest BCUT2D eigenvalue weighted by Crippen LogP contribution is 2.22. The van der Waals surface area contributed by atoms with E-state index in [9.17, 15) is 9.18 Å². The van der Waals surface area contributed by atoms with Gasteiger partial charge in [0.15, 0.2) is 0 Å². The fraction of sp³-hybridized carbons (Fsp3) is 0. The second kappa shape index (κ2) is 4.97. The molecule has 1 aromatic heterocycles. The number of halogens is 2. The van der Waals surface area contributed by atoms with E-state index < -0.39 is 11.7 Å². The van der Waals surface area contributed by atoms with Gasteiger partial charge in [0.05, 0.1) is 23.1 Å². The second-order valence-corrected chi connectivity index (χ2v) is 3.81. The van der Waals surface area contributed by atoms with Crippen LogP contribution in [0.5, 0.6) is 0 Å². The molecule has 0 radical (unpaired) electrons. The van der Waals surface area contributed by atoms with Gasteiger partial charge in [0, 0.05) is 0 Å². The van der Waals surface area contributed by atoms with Crippen LogP contribution in [0.4, 0.5) is 15.9 Å². The van der Waals surface area contributed by atoms with Gasteiger partial charge in [-0.15, -0.1) is 0 Å². The predicted octanol–water partition coefficient (Wildman–Crippen LogP) is 2.10. The van der Waals surface area contributed by atoms with E-state index in [1.165, 1.54) is 24.5 Å². The Morgan fingerprint density at radius 3 is 2.89 bits per heavy atom. The number of benzene rings is 1. The molecular formula is C11H8ClFN4O. The van der Waals surface area contributed by atoms with E-state index in [4.69, 9.17) is 17.3 Å². The molecule has 1 aromatic carbocycles. The van der Waals surface area contributed by atoms with E-state index in [0.29, 0.717) is 0 Å². The largest absolute Gasteiger partial charge is 0.382 e. The SMILES string of the molecule is Nc1cncc(C(=O)Nc2cc(F)ccc2Cl)n1. The summed E-state index contributed by atoms with van der Waals surface area (Å²) < 4.78 is 13.0. The molecule has 0 spiro atoms. The van der Waals surface area contributed by atoms with Crippen molar-refractivity contribution >= 4 is 29.0 Å². The molecule has 3 N–H and O–H groups in total. The molecule has 0 unspecified atom stereocenters. The van der Waals surface area contributed by atoms with Crippen molar-refractivity contribution in [3.8, 4) is 0 Å². The van der Waals surface area contributed by atoms with Crippen molar-refractivity contribution < 1.29 is 9.18 Å². The summed E-state index contributed by atoms with van der Waals surface area (Å²) in [6.07, 6.45) is 2.56. The first kappa shape index (κ1) is 12.3. The topological polar surface area (TPSA) is 80.9 Å². The summed E-state index contributed by atoms with van der Waals surface area (Å²) in [4.78, 5) is 19.3. The van der Waals surface area contributed by atoms with Gasteiger partial charge in [-0.1, -0.05) is 11.6 Å². The van der Waals surface area contributed by atoms with Gasteiger partial charge < -0.3 is 11.1 Å². The third kappa shape index (κ3) is 2.72. The van der Waals surface area contributed by atoms with Crippen LogP contribution in [0, 0.1) is 5.82 Å². The van der Waals surface area contributed by atoms with Gasteiger partial charge in [-0.2, -0.15) is 0 Å². The van der Waals surface area contributed by atoms with Gasteiger partial charge in [-0.25, -0.2) is 9.37 Å². The van der Waals surface area contributed by atoms with Gasteiger partial charge in [0.1, 0.15) is 17.3 Å². The Morgan fingerprint density at radius 1 is 1.39 bits per heavy atom. The highest BCUT2D eigenvalue weighted by Gasteiger charge is 2.11. The van der Waals surface area contributed by atoms with Crippen LogP contribution in [-0.2, 0) is 0 Å². The Hall–Kier alpha value is -2.21. The Morgan fingerprint density at radius 2 is 2.17 bits per heavy atom. The number of amides is 1. The maximum absolute atomic E-state index is 13.0. The molecule has 0 saturated heterocycles. The summed E-state index contributed by atoms with van der Waals surface area (Å²) in [5.74, 6) is -0.955. The number of nitrogens with zero attached hydrogens (tertiary/aromatic N) is 2. The predicted molar refractivity (Wildman–Crippen MR) is 65.8 cm³/mol. The van der Waals surface area contributed by atoms with E-state index in [1.54, 1.807) is 0 Å². The number of hydrogen-bond donors (Lipinski definition) is 2. The zero-order valence-corrected chi connectivity index (χ0v) is 9.78. The monoisotopic (exact) mass is 266 g/mol. The van der Waals surface area contributed by atoms with Crippen LogP contribution in [0.3, 0.4) is 0 Å². The molecule has 7 heteroatoms. The number of nitrogens with two attached hydrogens (primary N) is 1. The van der Waals surface area contributed by atoms with Crippen molar-refractivity contribution in [2.24, 2.45) is 0 Å². The van der Waals surface area contributed by atoms with Crippen LogP contribution in [0.25, 0.3) is 0 Å². The minimum absolute atomic E-state index is 0.0235. The molecule has 2 aromatic rings. The number of nitrogens with one attached hydrogen (secondary N) is 1. The third-order valence-corrected chi connectivity index (χ3v) is 2.39. The molecule has 0 saturated carbocycles. The number of carbonyl (C=O) groups is 1. The Bertz CT molecular complexity index is 605. The van der Waals surface area contributed by atoms with Crippen molar-refractivity contribution in [1.82, 2.24) is 9.97 Å². The summed E-state index contributed by atoms with van der Waals surface area (Å²) in [6.45, 7) is 0. The quantitative estimate of drug-likeness (QED) is 0.872. The van der Waals surface area contributed by atoms with Crippen molar-refractivity contribution in [3.63, 3.8) is 0 Å². The lowest BCUT2D eigenvalue weighted by Gasteiger charge is -2.06. The van der Waals surface area contributed by atoms with E-state index in [-0.39, 0.29) is 22.2 Å². The molecule has 0 bridgehead atoms. The van der Waals surface area contributed by atoms with E-state index in [2.05, 4.69) is 15.3 Å². The first-order valence-electron chi connectivity index (χ1n) is 4.90. The Labute approximate surface area is 107 Å². The molecule has 0 atom stereocenters. The molecule has 0 aliphatic rings. The van der Waals surface area contributed by atoms with E-state index in [0.717, 1.165) is 6.07 Å². The molecule has 5 nitrogen and oxygen atoms in total. The lowest BCUT2D eigenvalue weighted by molar-refractivity contribution is 0.102. The van der Waals surface area contributed by atoms with E-state index >= 15 is 0 Å². The summed E-state index contributed by atoms with van der Waals surface area (Å²) in [5.41, 5.74) is 5.59. The number of carbonyl (C=O) groups excluding carboxylic acids is 1. The number of rotatable bonds is 2. The summed E-state index contributed by atoms with van der Waals surface area (Å²) in [6, 6.07) is 3.65. The number of anilines is 2. The average molecular weight is 267 g/mol. The van der Waals surface area contributed by atoms with Crippen molar-refractivity contribution in [2.75, 3.05) is 11.1 Å². The third-order valence-electron chi connectivity index (χ3n) is 2.06. The Kier molecular flexibility index (Phi) is 3.38. The van der Waals surface area contributed by atoms with Crippen LogP contribution in [0.15, 0.2) is 30.6 Å². The molecule has 1 heterocycles. The lowest BCUT2D eigenvalue weighted by Crippen LogP contribution is -2.15. The molecule has 92 valence electrons. The highest BCUT2D eigenvalue weighted by molar-refractivity contribution is 6.33. The summed E-state index contributed by atoms with van der Waals surface area (Å²) in [7, 11) is 0. The van der Waals surface area contributed by atoms with Crippen LogP contribution in [0.1, 0.15) is 10.5 Å².